The molecule has 0 bridgehead atoms. The minimum absolute atomic E-state index is 0.0396. The van der Waals surface area contributed by atoms with Gasteiger partial charge >= 0.3 is 5.97 Å². The summed E-state index contributed by atoms with van der Waals surface area (Å²) in [6.07, 6.45) is 3.53. The SMILES string of the molecule is Cc1cc(S(=O)(=O)N(CCO)C2CCCC2)sc1C(=O)O. The van der Waals surface area contributed by atoms with Crippen LogP contribution in [0, 0.1) is 6.92 Å². The van der Waals surface area contributed by atoms with Crippen molar-refractivity contribution in [3.05, 3.63) is 16.5 Å². The molecular formula is C13H19NO5S2. The molecule has 6 nitrogen and oxygen atoms in total. The molecule has 0 spiro atoms. The lowest BCUT2D eigenvalue weighted by Crippen LogP contribution is -2.40. The minimum Gasteiger partial charge on any atom is -0.477 e. The maximum absolute atomic E-state index is 12.7. The third kappa shape index (κ3) is 3.28. The average Bonchev–Trinajstić information content (AvgIpc) is 3.04. The van der Waals surface area contributed by atoms with Crippen molar-refractivity contribution in [3.8, 4) is 0 Å². The van der Waals surface area contributed by atoms with E-state index in [1.165, 1.54) is 10.4 Å². The van der Waals surface area contributed by atoms with Crippen molar-refractivity contribution in [2.45, 2.75) is 42.9 Å². The molecule has 21 heavy (non-hydrogen) atoms. The van der Waals surface area contributed by atoms with Crippen LogP contribution in [0.5, 0.6) is 0 Å². The number of rotatable bonds is 6. The molecule has 1 saturated carbocycles. The molecule has 1 heterocycles. The van der Waals surface area contributed by atoms with E-state index in [9.17, 15) is 13.2 Å². The molecule has 0 saturated heterocycles. The highest BCUT2D eigenvalue weighted by Crippen LogP contribution is 2.33. The first-order valence-corrected chi connectivity index (χ1v) is 9.10. The molecule has 1 aliphatic rings. The summed E-state index contributed by atoms with van der Waals surface area (Å²) in [6.45, 7) is 1.39. The number of thiophene rings is 1. The molecule has 8 heteroatoms. The molecule has 0 aromatic carbocycles. The maximum Gasteiger partial charge on any atom is 0.346 e. The fourth-order valence-corrected chi connectivity index (χ4v) is 5.88. The van der Waals surface area contributed by atoms with Crippen molar-refractivity contribution < 1.29 is 23.4 Å². The van der Waals surface area contributed by atoms with Crippen molar-refractivity contribution in [3.63, 3.8) is 0 Å². The maximum atomic E-state index is 12.7. The standard InChI is InChI=1S/C13H19NO5S2/c1-9-8-11(20-12(9)13(16)17)21(18,19)14(6-7-15)10-4-2-3-5-10/h8,10,15H,2-7H2,1H3,(H,16,17). The van der Waals surface area contributed by atoms with Crippen LogP contribution in [0.25, 0.3) is 0 Å². The Kier molecular flexibility index (Phi) is 5.03. The quantitative estimate of drug-likeness (QED) is 0.826. The first-order valence-electron chi connectivity index (χ1n) is 6.84. The van der Waals surface area contributed by atoms with Gasteiger partial charge in [0.05, 0.1) is 6.61 Å². The van der Waals surface area contributed by atoms with E-state index in [0.717, 1.165) is 37.0 Å². The Morgan fingerprint density at radius 1 is 1.43 bits per heavy atom. The lowest BCUT2D eigenvalue weighted by atomic mass is 10.2. The highest BCUT2D eigenvalue weighted by Gasteiger charge is 2.34. The predicted octanol–water partition coefficient (Wildman–Crippen LogP) is 1.68. The van der Waals surface area contributed by atoms with Gasteiger partial charge in [0.1, 0.15) is 9.09 Å². The van der Waals surface area contributed by atoms with Crippen LogP contribution >= 0.6 is 11.3 Å². The summed E-state index contributed by atoms with van der Waals surface area (Å²) >= 11 is 0.777. The van der Waals surface area contributed by atoms with Gasteiger partial charge in [-0.15, -0.1) is 11.3 Å². The summed E-state index contributed by atoms with van der Waals surface area (Å²) < 4.78 is 26.8. The smallest absolute Gasteiger partial charge is 0.346 e. The predicted molar refractivity (Wildman–Crippen MR) is 79.2 cm³/mol. The lowest BCUT2D eigenvalue weighted by Gasteiger charge is -2.26. The van der Waals surface area contributed by atoms with Crippen LogP contribution in [0.15, 0.2) is 10.3 Å². The Hall–Kier alpha value is -0.960. The average molecular weight is 333 g/mol. The van der Waals surface area contributed by atoms with Gasteiger partial charge < -0.3 is 10.2 Å². The van der Waals surface area contributed by atoms with E-state index in [-0.39, 0.29) is 28.3 Å². The lowest BCUT2D eigenvalue weighted by molar-refractivity contribution is 0.0701. The number of sulfonamides is 1. The van der Waals surface area contributed by atoms with Gasteiger partial charge in [0.2, 0.25) is 0 Å². The molecule has 1 fully saturated rings. The van der Waals surface area contributed by atoms with E-state index in [1.807, 2.05) is 0 Å². The van der Waals surface area contributed by atoms with Crippen molar-refractivity contribution in [2.75, 3.05) is 13.2 Å². The largest absolute Gasteiger partial charge is 0.477 e. The highest BCUT2D eigenvalue weighted by atomic mass is 32.2. The fourth-order valence-electron chi connectivity index (χ4n) is 2.70. The fraction of sp³-hybridized carbons (Fsp3) is 0.615. The molecule has 0 unspecified atom stereocenters. The number of hydrogen-bond donors (Lipinski definition) is 2. The van der Waals surface area contributed by atoms with Crippen molar-refractivity contribution in [1.29, 1.82) is 0 Å². The zero-order valence-electron chi connectivity index (χ0n) is 11.8. The van der Waals surface area contributed by atoms with Crippen LogP contribution in [0.1, 0.15) is 40.9 Å². The van der Waals surface area contributed by atoms with Crippen molar-refractivity contribution in [1.82, 2.24) is 4.31 Å². The number of nitrogens with zero attached hydrogens (tertiary/aromatic N) is 1. The van der Waals surface area contributed by atoms with E-state index in [0.29, 0.717) is 5.56 Å². The number of carboxylic acid groups (broad SMARTS) is 1. The molecule has 1 aromatic rings. The number of aromatic carboxylic acids is 1. The number of carboxylic acids is 1. The molecule has 0 radical (unpaired) electrons. The van der Waals surface area contributed by atoms with Gasteiger partial charge in [0.25, 0.3) is 10.0 Å². The van der Waals surface area contributed by atoms with Gasteiger partial charge in [-0.2, -0.15) is 4.31 Å². The van der Waals surface area contributed by atoms with Crippen LogP contribution in [-0.2, 0) is 10.0 Å². The zero-order valence-corrected chi connectivity index (χ0v) is 13.4. The van der Waals surface area contributed by atoms with Crippen LogP contribution < -0.4 is 0 Å². The molecular weight excluding hydrogens is 314 g/mol. The van der Waals surface area contributed by atoms with E-state index in [4.69, 9.17) is 10.2 Å². The van der Waals surface area contributed by atoms with Crippen LogP contribution in [0.2, 0.25) is 0 Å². The van der Waals surface area contributed by atoms with Gasteiger partial charge in [0, 0.05) is 12.6 Å². The Labute approximate surface area is 128 Å². The van der Waals surface area contributed by atoms with E-state index < -0.39 is 16.0 Å². The van der Waals surface area contributed by atoms with E-state index >= 15 is 0 Å². The van der Waals surface area contributed by atoms with E-state index in [1.54, 1.807) is 6.92 Å². The van der Waals surface area contributed by atoms with Crippen LogP contribution in [-0.4, -0.2) is 48.1 Å². The summed E-state index contributed by atoms with van der Waals surface area (Å²) in [6, 6.07) is 1.31. The van der Waals surface area contributed by atoms with Gasteiger partial charge in [-0.05, 0) is 31.4 Å². The Morgan fingerprint density at radius 2 is 2.05 bits per heavy atom. The topological polar surface area (TPSA) is 94.9 Å². The van der Waals surface area contributed by atoms with Gasteiger partial charge in [-0.1, -0.05) is 12.8 Å². The molecule has 0 aliphatic heterocycles. The van der Waals surface area contributed by atoms with Crippen molar-refractivity contribution >= 4 is 27.3 Å². The van der Waals surface area contributed by atoms with Crippen LogP contribution in [0.4, 0.5) is 0 Å². The number of aryl methyl sites for hydroxylation is 1. The van der Waals surface area contributed by atoms with Crippen molar-refractivity contribution in [2.24, 2.45) is 0 Å². The second-order valence-electron chi connectivity index (χ2n) is 5.16. The zero-order chi connectivity index (χ0) is 15.6. The molecule has 1 aromatic heterocycles. The minimum atomic E-state index is -3.75. The number of aliphatic hydroxyl groups excluding tert-OH is 1. The second-order valence-corrected chi connectivity index (χ2v) is 8.33. The third-order valence-corrected chi connectivity index (χ3v) is 7.33. The molecule has 118 valence electrons. The van der Waals surface area contributed by atoms with Crippen LogP contribution in [0.3, 0.4) is 0 Å². The number of carbonyl (C=O) groups is 1. The second kappa shape index (κ2) is 6.43. The Balaban J connectivity index is 2.37. The summed E-state index contributed by atoms with van der Waals surface area (Å²) in [7, 11) is -3.75. The van der Waals surface area contributed by atoms with Gasteiger partial charge in [-0.25, -0.2) is 13.2 Å². The monoisotopic (exact) mass is 333 g/mol. The summed E-state index contributed by atoms with van der Waals surface area (Å²) in [4.78, 5) is 11.1. The molecule has 2 N–H and O–H groups in total. The van der Waals surface area contributed by atoms with Gasteiger partial charge in [0.15, 0.2) is 0 Å². The normalized spacial score (nSPS) is 16.7. The van der Waals surface area contributed by atoms with Gasteiger partial charge in [-0.3, -0.25) is 0 Å². The highest BCUT2D eigenvalue weighted by molar-refractivity contribution is 7.91. The first kappa shape index (κ1) is 16.4. The summed E-state index contributed by atoms with van der Waals surface area (Å²) in [5.41, 5.74) is 0.446. The number of hydrogen-bond acceptors (Lipinski definition) is 5. The molecule has 1 aliphatic carbocycles. The first-order chi connectivity index (χ1) is 9.87. The summed E-state index contributed by atoms with van der Waals surface area (Å²) in [5, 5.41) is 18.2. The summed E-state index contributed by atoms with van der Waals surface area (Å²) in [5.74, 6) is -1.12. The Bertz CT molecular complexity index is 617. The molecule has 0 amide bonds. The molecule has 0 atom stereocenters. The third-order valence-electron chi connectivity index (χ3n) is 3.70. The molecule has 2 rings (SSSR count). The van der Waals surface area contributed by atoms with E-state index in [2.05, 4.69) is 0 Å². The Morgan fingerprint density at radius 3 is 2.52 bits per heavy atom. The number of aliphatic hydroxyl groups is 1.